The molecule has 0 saturated heterocycles. The van der Waals surface area contributed by atoms with Crippen molar-refractivity contribution >= 4 is 16.8 Å². The Morgan fingerprint density at radius 1 is 1.18 bits per heavy atom. The fourth-order valence-electron chi connectivity index (χ4n) is 6.62. The first-order valence-electron chi connectivity index (χ1n) is 12.3. The van der Waals surface area contributed by atoms with Gasteiger partial charge in [0.05, 0.1) is 5.54 Å². The lowest BCUT2D eigenvalue weighted by atomic mass is 9.68. The Hall–Kier alpha value is -2.66. The molecule has 3 aromatic rings. The van der Waals surface area contributed by atoms with Gasteiger partial charge in [0.1, 0.15) is 5.82 Å². The van der Waals surface area contributed by atoms with Crippen molar-refractivity contribution in [1.29, 1.82) is 0 Å². The molecule has 4 nitrogen and oxygen atoms in total. The average molecular weight is 448 g/mol. The summed E-state index contributed by atoms with van der Waals surface area (Å²) in [5.41, 5.74) is 4.58. The van der Waals surface area contributed by atoms with Gasteiger partial charge < -0.3 is 14.8 Å². The molecule has 5 heteroatoms. The van der Waals surface area contributed by atoms with Crippen molar-refractivity contribution in [3.05, 3.63) is 71.2 Å². The molecule has 5 rings (SSSR count). The predicted molar refractivity (Wildman–Crippen MR) is 130 cm³/mol. The van der Waals surface area contributed by atoms with Crippen molar-refractivity contribution in [3.63, 3.8) is 0 Å². The minimum absolute atomic E-state index is 0.166. The second-order valence-corrected chi connectivity index (χ2v) is 10.0. The number of hydrogen-bond acceptors (Lipinski definition) is 2. The van der Waals surface area contributed by atoms with Crippen LogP contribution in [0.25, 0.3) is 10.9 Å². The number of aromatic nitrogens is 1. The number of para-hydroxylation sites is 1. The van der Waals surface area contributed by atoms with Gasteiger partial charge in [-0.15, -0.1) is 0 Å². The molecule has 1 aliphatic carbocycles. The first-order chi connectivity index (χ1) is 15.9. The van der Waals surface area contributed by atoms with Crippen LogP contribution in [0.5, 0.6) is 0 Å². The van der Waals surface area contributed by atoms with E-state index in [1.807, 2.05) is 19.1 Å². The molecule has 1 amide bonds. The molecule has 174 valence electrons. The number of fused-ring (bicyclic) bond motifs is 4. The Kier molecular flexibility index (Phi) is 5.77. The monoisotopic (exact) mass is 447 g/mol. The van der Waals surface area contributed by atoms with E-state index < -0.39 is 0 Å². The van der Waals surface area contributed by atoms with Crippen LogP contribution in [0.2, 0.25) is 0 Å². The zero-order valence-corrected chi connectivity index (χ0v) is 19.9. The third kappa shape index (κ3) is 3.67. The van der Waals surface area contributed by atoms with Crippen LogP contribution in [0.1, 0.15) is 61.9 Å². The number of benzene rings is 2. The van der Waals surface area contributed by atoms with Gasteiger partial charge in [-0.3, -0.25) is 4.79 Å². The zero-order valence-electron chi connectivity index (χ0n) is 19.9. The van der Waals surface area contributed by atoms with Crippen molar-refractivity contribution in [1.82, 2.24) is 14.8 Å². The van der Waals surface area contributed by atoms with Crippen LogP contribution in [-0.2, 0) is 16.8 Å². The number of carbonyl (C=O) groups excluding carboxylic acids is 1. The van der Waals surface area contributed by atoms with Crippen molar-refractivity contribution in [2.45, 2.75) is 57.0 Å². The van der Waals surface area contributed by atoms with Crippen molar-refractivity contribution in [3.8, 4) is 0 Å². The minimum Gasteiger partial charge on any atom is -0.356 e. The minimum atomic E-state index is -0.269. The maximum atomic E-state index is 14.0. The Labute approximate surface area is 195 Å². The maximum absolute atomic E-state index is 14.0. The number of rotatable bonds is 4. The maximum Gasteiger partial charge on any atom is 0.223 e. The van der Waals surface area contributed by atoms with Crippen LogP contribution >= 0.6 is 0 Å². The van der Waals surface area contributed by atoms with Gasteiger partial charge >= 0.3 is 0 Å². The van der Waals surface area contributed by atoms with Gasteiger partial charge in [-0.25, -0.2) is 4.39 Å². The van der Waals surface area contributed by atoms with E-state index in [2.05, 4.69) is 53.1 Å². The molecule has 33 heavy (non-hydrogen) atoms. The fourth-order valence-corrected chi connectivity index (χ4v) is 6.62. The molecule has 1 atom stereocenters. The lowest BCUT2D eigenvalue weighted by Crippen LogP contribution is -2.55. The van der Waals surface area contributed by atoms with Crippen LogP contribution in [0.15, 0.2) is 48.5 Å². The third-order valence-corrected chi connectivity index (χ3v) is 8.04. The summed E-state index contributed by atoms with van der Waals surface area (Å²) in [6.07, 6.45) is 5.30. The smallest absolute Gasteiger partial charge is 0.223 e. The summed E-state index contributed by atoms with van der Waals surface area (Å²) in [4.78, 5) is 21.2. The lowest BCUT2D eigenvalue weighted by Gasteiger charge is -2.52. The van der Waals surface area contributed by atoms with E-state index in [0.29, 0.717) is 12.3 Å². The summed E-state index contributed by atoms with van der Waals surface area (Å²) in [5.74, 6) is 0.481. The van der Waals surface area contributed by atoms with Crippen LogP contribution in [0.4, 0.5) is 4.39 Å². The molecule has 1 N–H and O–H groups in total. The van der Waals surface area contributed by atoms with Crippen molar-refractivity contribution < 1.29 is 9.18 Å². The summed E-state index contributed by atoms with van der Waals surface area (Å²) in [6, 6.07) is 15.7. The summed E-state index contributed by atoms with van der Waals surface area (Å²) in [7, 11) is 4.17. The topological polar surface area (TPSA) is 39.3 Å². The molecule has 1 unspecified atom stereocenters. The van der Waals surface area contributed by atoms with Crippen LogP contribution in [0, 0.1) is 11.7 Å². The molecule has 1 saturated carbocycles. The highest BCUT2D eigenvalue weighted by Crippen LogP contribution is 2.51. The highest BCUT2D eigenvalue weighted by molar-refractivity contribution is 5.86. The normalized spacial score (nSPS) is 23.8. The first-order valence-corrected chi connectivity index (χ1v) is 12.3. The Morgan fingerprint density at radius 3 is 2.64 bits per heavy atom. The van der Waals surface area contributed by atoms with Gasteiger partial charge in [-0.2, -0.15) is 0 Å². The highest BCUT2D eigenvalue weighted by atomic mass is 19.1. The van der Waals surface area contributed by atoms with Crippen LogP contribution in [0.3, 0.4) is 0 Å². The molecule has 1 aromatic heterocycles. The van der Waals surface area contributed by atoms with E-state index in [1.165, 1.54) is 28.2 Å². The van der Waals surface area contributed by atoms with Crippen molar-refractivity contribution in [2.24, 2.45) is 5.92 Å². The second kappa shape index (κ2) is 8.60. The number of carbonyl (C=O) groups is 1. The lowest BCUT2D eigenvalue weighted by molar-refractivity contribution is -0.141. The Morgan fingerprint density at radius 2 is 1.94 bits per heavy atom. The summed E-state index contributed by atoms with van der Waals surface area (Å²) >= 11 is 0. The largest absolute Gasteiger partial charge is 0.356 e. The highest BCUT2D eigenvalue weighted by Gasteiger charge is 2.49. The SMILES string of the molecule is CCC(=O)N1CCc2c([nH]c3ccccc23)C12CCC(C(c1cccc(F)c1)N(C)C)CC2. The van der Waals surface area contributed by atoms with E-state index in [4.69, 9.17) is 0 Å². The number of hydrogen-bond donors (Lipinski definition) is 1. The molecule has 2 aromatic carbocycles. The van der Waals surface area contributed by atoms with Crippen LogP contribution in [-0.4, -0.2) is 41.3 Å². The number of H-pyrrole nitrogens is 1. The van der Waals surface area contributed by atoms with Gasteiger partial charge in [0.15, 0.2) is 0 Å². The number of aromatic amines is 1. The number of amides is 1. The Bertz CT molecular complexity index is 1160. The molecule has 0 radical (unpaired) electrons. The van der Waals surface area contributed by atoms with Gasteiger partial charge in [0.25, 0.3) is 0 Å². The average Bonchev–Trinajstić information content (AvgIpc) is 3.20. The van der Waals surface area contributed by atoms with E-state index in [1.54, 1.807) is 6.07 Å². The summed E-state index contributed by atoms with van der Waals surface area (Å²) in [5, 5.41) is 1.29. The molecular formula is C28H34FN3O. The van der Waals surface area contributed by atoms with E-state index in [-0.39, 0.29) is 23.3 Å². The molecule has 2 heterocycles. The van der Waals surface area contributed by atoms with Gasteiger partial charge in [-0.05, 0) is 81.4 Å². The van der Waals surface area contributed by atoms with Gasteiger partial charge in [-0.1, -0.05) is 37.3 Å². The molecule has 1 fully saturated rings. The third-order valence-electron chi connectivity index (χ3n) is 8.04. The standard InChI is InChI=1S/C28H34FN3O/c1-4-25(33)32-17-14-23-22-10-5-6-11-24(22)30-27(23)28(32)15-12-19(13-16-28)26(31(2)3)20-8-7-9-21(29)18-20/h5-11,18-19,26,30H,4,12-17H2,1-3H3. The Balaban J connectivity index is 1.51. The summed E-state index contributed by atoms with van der Waals surface area (Å²) in [6.45, 7) is 2.75. The quantitative estimate of drug-likeness (QED) is 0.550. The van der Waals surface area contributed by atoms with E-state index >= 15 is 0 Å². The van der Waals surface area contributed by atoms with Gasteiger partial charge in [0, 0.05) is 35.6 Å². The predicted octanol–water partition coefficient (Wildman–Crippen LogP) is 5.79. The number of nitrogens with one attached hydrogen (secondary N) is 1. The zero-order chi connectivity index (χ0) is 23.2. The molecular weight excluding hydrogens is 413 g/mol. The van der Waals surface area contributed by atoms with Crippen molar-refractivity contribution in [2.75, 3.05) is 20.6 Å². The van der Waals surface area contributed by atoms with Gasteiger partial charge in [0.2, 0.25) is 5.91 Å². The fraction of sp³-hybridized carbons (Fsp3) is 0.464. The number of halogens is 1. The van der Waals surface area contributed by atoms with E-state index in [0.717, 1.165) is 44.2 Å². The van der Waals surface area contributed by atoms with Crippen LogP contribution < -0.4 is 0 Å². The number of nitrogens with zero attached hydrogens (tertiary/aromatic N) is 2. The summed E-state index contributed by atoms with van der Waals surface area (Å²) < 4.78 is 14.0. The second-order valence-electron chi connectivity index (χ2n) is 10.0. The first kappa shape index (κ1) is 22.1. The molecule has 2 aliphatic rings. The molecule has 0 bridgehead atoms. The van der Waals surface area contributed by atoms with E-state index in [9.17, 15) is 9.18 Å². The molecule has 1 aliphatic heterocycles. The molecule has 1 spiro atoms.